The molecule has 2 aromatic heterocycles. The van der Waals surface area contributed by atoms with E-state index >= 15 is 0 Å². The molecule has 0 aliphatic carbocycles. The number of nitrogens with one attached hydrogen (secondary N) is 3. The van der Waals surface area contributed by atoms with Crippen molar-refractivity contribution in [3.8, 4) is 12.1 Å². The molecule has 0 bridgehead atoms. The zero-order valence-corrected chi connectivity index (χ0v) is 16.7. The van der Waals surface area contributed by atoms with Crippen molar-refractivity contribution in [1.82, 2.24) is 30.3 Å². The van der Waals surface area contributed by atoms with Crippen LogP contribution in [0.1, 0.15) is 19.3 Å². The Morgan fingerprint density at radius 1 is 1.27 bits per heavy atom. The summed E-state index contributed by atoms with van der Waals surface area (Å²) in [6, 6.07) is 8.81. The second-order valence-electron chi connectivity index (χ2n) is 8.20. The van der Waals surface area contributed by atoms with Crippen molar-refractivity contribution in [1.29, 1.82) is 10.5 Å². The van der Waals surface area contributed by atoms with Crippen LogP contribution in [0.2, 0.25) is 0 Å². The normalized spacial score (nSPS) is 21.4. The summed E-state index contributed by atoms with van der Waals surface area (Å²) in [5, 5.41) is 26.4. The van der Waals surface area contributed by atoms with Crippen LogP contribution in [-0.2, 0) is 0 Å². The average Bonchev–Trinajstić information content (AvgIpc) is 3.40. The minimum atomic E-state index is -0.144. The van der Waals surface area contributed by atoms with E-state index in [2.05, 4.69) is 49.3 Å². The van der Waals surface area contributed by atoms with Crippen LogP contribution in [0.5, 0.6) is 0 Å². The van der Waals surface area contributed by atoms with E-state index in [4.69, 9.17) is 4.98 Å². The van der Waals surface area contributed by atoms with Gasteiger partial charge in [0.1, 0.15) is 0 Å². The Kier molecular flexibility index (Phi) is 4.66. The Bertz CT molecular complexity index is 1040. The summed E-state index contributed by atoms with van der Waals surface area (Å²) >= 11 is 0. The van der Waals surface area contributed by atoms with Crippen LogP contribution >= 0.6 is 0 Å². The standard InChI is InChI=1S/C20H24N10/c21-6-5-20(29-8-3-15(10-22)4-9-29)13-28(14-20)17-2-1-7-30-18(17)26-19(27-30)25-16-11-23-24-12-16/h1-2,7,11,15,23-24H,3-5,8-9,12-14H2,(H,25,27). The SMILES string of the molecule is N#CCC1(N2CCC(C#N)CC2)CN(c2cccn3nc(NC4=CNNC4)nc23)C1. The highest BCUT2D eigenvalue weighted by molar-refractivity contribution is 5.71. The molecule has 154 valence electrons. The molecule has 0 unspecified atom stereocenters. The summed E-state index contributed by atoms with van der Waals surface area (Å²) in [6.45, 7) is 4.02. The molecule has 5 heterocycles. The Morgan fingerprint density at radius 2 is 2.10 bits per heavy atom. The molecule has 0 atom stereocenters. The number of rotatable bonds is 5. The predicted octanol–water partition coefficient (Wildman–Crippen LogP) is 0.798. The van der Waals surface area contributed by atoms with Crippen molar-refractivity contribution < 1.29 is 0 Å². The van der Waals surface area contributed by atoms with Gasteiger partial charge in [-0.2, -0.15) is 15.5 Å². The molecule has 3 N–H and O–H groups in total. The fraction of sp³-hybridized carbons (Fsp3) is 0.500. The van der Waals surface area contributed by atoms with Gasteiger partial charge < -0.3 is 15.6 Å². The molecule has 2 fully saturated rings. The first kappa shape index (κ1) is 18.7. The van der Waals surface area contributed by atoms with E-state index in [1.54, 1.807) is 4.52 Å². The zero-order chi connectivity index (χ0) is 20.6. The first-order valence-corrected chi connectivity index (χ1v) is 10.3. The molecule has 0 aromatic carbocycles. The quantitative estimate of drug-likeness (QED) is 0.664. The fourth-order valence-electron chi connectivity index (χ4n) is 4.64. The number of fused-ring (bicyclic) bond motifs is 1. The van der Waals surface area contributed by atoms with Gasteiger partial charge in [-0.1, -0.05) is 0 Å². The first-order valence-electron chi connectivity index (χ1n) is 10.3. The summed E-state index contributed by atoms with van der Waals surface area (Å²) in [7, 11) is 0. The van der Waals surface area contributed by atoms with E-state index in [-0.39, 0.29) is 11.5 Å². The molecule has 30 heavy (non-hydrogen) atoms. The van der Waals surface area contributed by atoms with E-state index in [0.717, 1.165) is 56.1 Å². The van der Waals surface area contributed by atoms with Crippen molar-refractivity contribution in [2.75, 3.05) is 42.9 Å². The number of hydrogen-bond acceptors (Lipinski definition) is 9. The molecule has 0 amide bonds. The van der Waals surface area contributed by atoms with Crippen molar-refractivity contribution in [2.45, 2.75) is 24.8 Å². The highest BCUT2D eigenvalue weighted by Gasteiger charge is 2.48. The number of piperidine rings is 1. The minimum Gasteiger partial charge on any atom is -0.365 e. The van der Waals surface area contributed by atoms with Gasteiger partial charge in [0, 0.05) is 44.5 Å². The number of nitriles is 2. The van der Waals surface area contributed by atoms with Crippen LogP contribution in [0.15, 0.2) is 30.2 Å². The smallest absolute Gasteiger partial charge is 0.247 e. The summed E-state index contributed by atoms with van der Waals surface area (Å²) in [5.41, 5.74) is 8.60. The summed E-state index contributed by atoms with van der Waals surface area (Å²) in [5.74, 6) is 0.703. The molecular formula is C20H24N10. The van der Waals surface area contributed by atoms with Gasteiger partial charge in [-0.3, -0.25) is 4.90 Å². The van der Waals surface area contributed by atoms with Crippen LogP contribution in [0.3, 0.4) is 0 Å². The van der Waals surface area contributed by atoms with Crippen LogP contribution in [-0.4, -0.2) is 57.8 Å². The summed E-state index contributed by atoms with van der Waals surface area (Å²) in [6.07, 6.45) is 6.02. The molecule has 10 heteroatoms. The van der Waals surface area contributed by atoms with Crippen molar-refractivity contribution >= 4 is 17.3 Å². The maximum Gasteiger partial charge on any atom is 0.247 e. The number of hydrazine groups is 1. The minimum absolute atomic E-state index is 0.144. The Balaban J connectivity index is 1.34. The van der Waals surface area contributed by atoms with Gasteiger partial charge in [0.15, 0.2) is 5.65 Å². The van der Waals surface area contributed by atoms with Gasteiger partial charge in [-0.15, -0.1) is 5.10 Å². The van der Waals surface area contributed by atoms with E-state index in [1.807, 2.05) is 18.5 Å². The van der Waals surface area contributed by atoms with E-state index in [0.29, 0.717) is 18.9 Å². The maximum atomic E-state index is 9.47. The fourth-order valence-corrected chi connectivity index (χ4v) is 4.64. The summed E-state index contributed by atoms with van der Waals surface area (Å²) < 4.78 is 1.79. The van der Waals surface area contributed by atoms with Crippen LogP contribution < -0.4 is 21.1 Å². The molecule has 5 rings (SSSR count). The monoisotopic (exact) mass is 404 g/mol. The first-order chi connectivity index (χ1) is 14.7. The third-order valence-corrected chi connectivity index (χ3v) is 6.31. The second-order valence-corrected chi connectivity index (χ2v) is 8.20. The van der Waals surface area contributed by atoms with Gasteiger partial charge in [0.05, 0.1) is 42.0 Å². The lowest BCUT2D eigenvalue weighted by Crippen LogP contribution is -2.71. The Hall–Kier alpha value is -3.34. The number of hydrogen-bond donors (Lipinski definition) is 3. The third kappa shape index (κ3) is 3.20. The predicted molar refractivity (Wildman–Crippen MR) is 111 cm³/mol. The van der Waals surface area contributed by atoms with E-state index < -0.39 is 0 Å². The van der Waals surface area contributed by atoms with E-state index in [9.17, 15) is 10.5 Å². The summed E-state index contributed by atoms with van der Waals surface area (Å²) in [4.78, 5) is 9.39. The van der Waals surface area contributed by atoms with Gasteiger partial charge in [-0.05, 0) is 25.0 Å². The van der Waals surface area contributed by atoms with Crippen LogP contribution in [0.4, 0.5) is 11.6 Å². The lowest BCUT2D eigenvalue weighted by molar-refractivity contribution is 0.0366. The highest BCUT2D eigenvalue weighted by atomic mass is 15.4. The number of aromatic nitrogens is 3. The highest BCUT2D eigenvalue weighted by Crippen LogP contribution is 2.38. The Labute approximate surface area is 174 Å². The van der Waals surface area contributed by atoms with Crippen LogP contribution in [0, 0.1) is 28.6 Å². The molecule has 2 saturated heterocycles. The van der Waals surface area contributed by atoms with Crippen LogP contribution in [0.25, 0.3) is 5.65 Å². The second kappa shape index (κ2) is 7.48. The average molecular weight is 404 g/mol. The van der Waals surface area contributed by atoms with Crippen molar-refractivity contribution in [2.24, 2.45) is 5.92 Å². The maximum absolute atomic E-state index is 9.47. The number of pyridine rings is 1. The number of anilines is 2. The van der Waals surface area contributed by atoms with Crippen molar-refractivity contribution in [3.63, 3.8) is 0 Å². The van der Waals surface area contributed by atoms with Crippen molar-refractivity contribution in [3.05, 3.63) is 30.2 Å². The molecule has 0 radical (unpaired) electrons. The third-order valence-electron chi connectivity index (χ3n) is 6.31. The van der Waals surface area contributed by atoms with Gasteiger partial charge >= 0.3 is 0 Å². The van der Waals surface area contributed by atoms with Gasteiger partial charge in [0.2, 0.25) is 5.95 Å². The topological polar surface area (TPSA) is 120 Å². The molecule has 0 spiro atoms. The van der Waals surface area contributed by atoms with Gasteiger partial charge in [-0.25, -0.2) is 9.94 Å². The molecule has 10 nitrogen and oxygen atoms in total. The largest absolute Gasteiger partial charge is 0.365 e. The number of nitrogens with zero attached hydrogens (tertiary/aromatic N) is 7. The molecule has 2 aromatic rings. The number of likely N-dealkylation sites (tertiary alicyclic amines) is 1. The Morgan fingerprint density at radius 3 is 2.80 bits per heavy atom. The molecule has 3 aliphatic heterocycles. The van der Waals surface area contributed by atoms with Gasteiger partial charge in [0.25, 0.3) is 0 Å². The zero-order valence-electron chi connectivity index (χ0n) is 16.7. The van der Waals surface area contributed by atoms with E-state index in [1.165, 1.54) is 0 Å². The lowest BCUT2D eigenvalue weighted by atomic mass is 9.82. The lowest BCUT2D eigenvalue weighted by Gasteiger charge is -2.57. The molecule has 0 saturated carbocycles. The molecular weight excluding hydrogens is 380 g/mol. The molecule has 3 aliphatic rings.